The average molecular weight is 533 g/mol. The fraction of sp³-hybridized carbons (Fsp3) is 0.700. The number of carbonyl (C=O) groups excluding carboxylic acids is 2. The van der Waals surface area contributed by atoms with E-state index in [0.29, 0.717) is 18.9 Å². The Morgan fingerprint density at radius 3 is 2.26 bits per heavy atom. The zero-order valence-corrected chi connectivity index (χ0v) is 24.3. The summed E-state index contributed by atoms with van der Waals surface area (Å²) in [6.07, 6.45) is 2.30. The number of carboxylic acids is 1. The first-order valence-electron chi connectivity index (χ1n) is 13.9. The smallest absolute Gasteiger partial charge is 0.307 e. The van der Waals surface area contributed by atoms with Crippen LogP contribution in [-0.4, -0.2) is 91.7 Å². The third-order valence-electron chi connectivity index (χ3n) is 8.28. The first kappa shape index (κ1) is 31.9. The Labute approximate surface area is 228 Å². The van der Waals surface area contributed by atoms with Gasteiger partial charge in [0, 0.05) is 39.1 Å². The predicted molar refractivity (Wildman–Crippen MR) is 148 cm³/mol. The van der Waals surface area contributed by atoms with Crippen molar-refractivity contribution >= 4 is 17.7 Å². The standard InChI is InChI=1S/C30H48N2O6/c1-8-20(2)28(31(4)5)26(37-6)19-27(34)32-16-12-15-24(32)29(38-7)21(3)25(33)18-23(30(35)36)17-22-13-10-9-11-14-22/h9-11,13-14,20-21,23-24,26,28-29H,8,12,15-19H2,1-7H3,(H,35,36)/t20-,21-,23+,24-,26+,28?,29+/m0/s1. The molecule has 1 heterocycles. The van der Waals surface area contributed by atoms with Gasteiger partial charge in [0.2, 0.25) is 5.91 Å². The van der Waals surface area contributed by atoms with Crippen LogP contribution in [0.15, 0.2) is 30.3 Å². The van der Waals surface area contributed by atoms with Crippen LogP contribution in [-0.2, 0) is 30.3 Å². The van der Waals surface area contributed by atoms with Crippen LogP contribution in [0.1, 0.15) is 58.4 Å². The lowest BCUT2D eigenvalue weighted by atomic mass is 9.85. The molecule has 8 nitrogen and oxygen atoms in total. The average Bonchev–Trinajstić information content (AvgIpc) is 3.37. The second-order valence-corrected chi connectivity index (χ2v) is 11.0. The summed E-state index contributed by atoms with van der Waals surface area (Å²) in [5.74, 6) is -2.12. The molecule has 1 aliphatic heterocycles. The summed E-state index contributed by atoms with van der Waals surface area (Å²) >= 11 is 0. The Bertz CT molecular complexity index is 892. The zero-order chi connectivity index (χ0) is 28.4. The number of benzene rings is 1. The first-order valence-corrected chi connectivity index (χ1v) is 13.9. The highest BCUT2D eigenvalue weighted by molar-refractivity contribution is 5.86. The molecule has 1 aliphatic rings. The van der Waals surface area contributed by atoms with Gasteiger partial charge in [-0.05, 0) is 44.8 Å². The Hall–Kier alpha value is -2.29. The third-order valence-corrected chi connectivity index (χ3v) is 8.28. The van der Waals surface area contributed by atoms with Crippen LogP contribution >= 0.6 is 0 Å². The van der Waals surface area contributed by atoms with Gasteiger partial charge in [-0.1, -0.05) is 57.5 Å². The van der Waals surface area contributed by atoms with Crippen LogP contribution in [0.5, 0.6) is 0 Å². The molecular weight excluding hydrogens is 484 g/mol. The van der Waals surface area contributed by atoms with E-state index < -0.39 is 23.9 Å². The molecule has 1 amide bonds. The lowest BCUT2D eigenvalue weighted by Gasteiger charge is -2.38. The summed E-state index contributed by atoms with van der Waals surface area (Å²) < 4.78 is 11.6. The number of rotatable bonds is 16. The van der Waals surface area contributed by atoms with Crippen molar-refractivity contribution in [2.45, 2.75) is 83.6 Å². The van der Waals surface area contributed by atoms with Gasteiger partial charge in [0.05, 0.1) is 30.6 Å². The number of methoxy groups -OCH3 is 2. The minimum atomic E-state index is -0.983. The Morgan fingerprint density at radius 1 is 1.08 bits per heavy atom. The maximum absolute atomic E-state index is 13.6. The normalized spacial score (nSPS) is 20.5. The van der Waals surface area contributed by atoms with E-state index in [1.54, 1.807) is 21.1 Å². The van der Waals surface area contributed by atoms with Crippen LogP contribution in [0, 0.1) is 17.8 Å². The Morgan fingerprint density at radius 2 is 1.74 bits per heavy atom. The van der Waals surface area contributed by atoms with Crippen LogP contribution in [0.4, 0.5) is 0 Å². The molecule has 1 saturated heterocycles. The molecule has 2 rings (SSSR count). The summed E-state index contributed by atoms with van der Waals surface area (Å²) in [6.45, 7) is 6.73. The summed E-state index contributed by atoms with van der Waals surface area (Å²) in [4.78, 5) is 42.8. The minimum Gasteiger partial charge on any atom is -0.481 e. The number of ether oxygens (including phenoxy) is 2. The van der Waals surface area contributed by atoms with Gasteiger partial charge in [-0.25, -0.2) is 0 Å². The molecule has 7 atom stereocenters. The topological polar surface area (TPSA) is 96.4 Å². The quantitative estimate of drug-likeness (QED) is 0.345. The van der Waals surface area contributed by atoms with Crippen molar-refractivity contribution in [3.8, 4) is 0 Å². The predicted octanol–water partition coefficient (Wildman–Crippen LogP) is 3.91. The van der Waals surface area contributed by atoms with E-state index in [-0.39, 0.29) is 42.7 Å². The molecule has 214 valence electrons. The fourth-order valence-corrected chi connectivity index (χ4v) is 5.98. The van der Waals surface area contributed by atoms with Gasteiger partial charge >= 0.3 is 5.97 Å². The zero-order valence-electron chi connectivity index (χ0n) is 24.3. The molecule has 1 aromatic rings. The van der Waals surface area contributed by atoms with Crippen molar-refractivity contribution in [1.82, 2.24) is 9.80 Å². The molecule has 0 bridgehead atoms. The third kappa shape index (κ3) is 8.35. The molecule has 0 radical (unpaired) electrons. The summed E-state index contributed by atoms with van der Waals surface area (Å²) in [7, 11) is 7.26. The van der Waals surface area contributed by atoms with Gasteiger partial charge < -0.3 is 24.4 Å². The lowest BCUT2D eigenvalue weighted by Crippen LogP contribution is -2.51. The van der Waals surface area contributed by atoms with E-state index in [1.165, 1.54) is 0 Å². The first-order chi connectivity index (χ1) is 18.0. The van der Waals surface area contributed by atoms with Crippen molar-refractivity contribution in [2.24, 2.45) is 17.8 Å². The van der Waals surface area contributed by atoms with Gasteiger partial charge in [-0.3, -0.25) is 14.4 Å². The van der Waals surface area contributed by atoms with Crippen LogP contribution < -0.4 is 0 Å². The minimum absolute atomic E-state index is 0.00342. The van der Waals surface area contributed by atoms with Gasteiger partial charge in [-0.2, -0.15) is 0 Å². The molecule has 38 heavy (non-hydrogen) atoms. The number of hydrogen-bond donors (Lipinski definition) is 1. The number of Topliss-reactive ketones (excluding diaryl/α,β-unsaturated/α-hetero) is 1. The molecule has 8 heteroatoms. The van der Waals surface area contributed by atoms with E-state index in [4.69, 9.17) is 9.47 Å². The maximum Gasteiger partial charge on any atom is 0.307 e. The van der Waals surface area contributed by atoms with E-state index >= 15 is 0 Å². The summed E-state index contributed by atoms with van der Waals surface area (Å²) in [5.41, 5.74) is 0.886. The van der Waals surface area contributed by atoms with E-state index in [9.17, 15) is 19.5 Å². The molecule has 1 aromatic carbocycles. The number of ketones is 1. The largest absolute Gasteiger partial charge is 0.481 e. The van der Waals surface area contributed by atoms with Gasteiger partial charge in [0.15, 0.2) is 0 Å². The molecule has 0 aromatic heterocycles. The highest BCUT2D eigenvalue weighted by atomic mass is 16.5. The van der Waals surface area contributed by atoms with Crippen molar-refractivity contribution in [3.05, 3.63) is 35.9 Å². The second kappa shape index (κ2) is 15.3. The van der Waals surface area contributed by atoms with Gasteiger partial charge in [-0.15, -0.1) is 0 Å². The number of aliphatic carboxylic acids is 1. The van der Waals surface area contributed by atoms with Crippen LogP contribution in [0.3, 0.4) is 0 Å². The Balaban J connectivity index is 2.13. The van der Waals surface area contributed by atoms with E-state index in [2.05, 4.69) is 18.7 Å². The molecule has 0 saturated carbocycles. The molecule has 1 fully saturated rings. The molecule has 0 spiro atoms. The lowest BCUT2D eigenvalue weighted by molar-refractivity contribution is -0.146. The van der Waals surface area contributed by atoms with Crippen molar-refractivity contribution in [2.75, 3.05) is 34.9 Å². The summed E-state index contributed by atoms with van der Waals surface area (Å²) in [6, 6.07) is 9.23. The number of amides is 1. The van der Waals surface area contributed by atoms with Crippen LogP contribution in [0.25, 0.3) is 0 Å². The highest BCUT2D eigenvalue weighted by Crippen LogP contribution is 2.30. The number of hydrogen-bond acceptors (Lipinski definition) is 6. The molecule has 1 unspecified atom stereocenters. The van der Waals surface area contributed by atoms with Crippen molar-refractivity contribution in [3.63, 3.8) is 0 Å². The molecular formula is C30H48N2O6. The Kier molecular flexibility index (Phi) is 12.9. The SMILES string of the molecule is CC[C@H](C)C([C@@H](CC(=O)N1CCC[C@H]1[C@H](OC)[C@@H](C)C(=O)C[C@@H](Cc1ccccc1)C(=O)O)OC)N(C)C. The number of carboxylic acid groups (broad SMARTS) is 1. The number of likely N-dealkylation sites (N-methyl/N-ethyl adjacent to an activating group) is 1. The number of likely N-dealkylation sites (tertiary alicyclic amines) is 1. The number of carbonyl (C=O) groups is 3. The summed E-state index contributed by atoms with van der Waals surface area (Å²) in [5, 5.41) is 9.78. The maximum atomic E-state index is 13.6. The monoisotopic (exact) mass is 532 g/mol. The molecule has 0 aliphatic carbocycles. The molecule has 1 N–H and O–H groups in total. The second-order valence-electron chi connectivity index (χ2n) is 11.0. The van der Waals surface area contributed by atoms with E-state index in [0.717, 1.165) is 24.8 Å². The van der Waals surface area contributed by atoms with Gasteiger partial charge in [0.1, 0.15) is 5.78 Å². The van der Waals surface area contributed by atoms with Crippen molar-refractivity contribution < 1.29 is 29.0 Å². The van der Waals surface area contributed by atoms with E-state index in [1.807, 2.05) is 49.3 Å². The van der Waals surface area contributed by atoms with Crippen molar-refractivity contribution in [1.29, 1.82) is 0 Å². The van der Waals surface area contributed by atoms with Crippen LogP contribution in [0.2, 0.25) is 0 Å². The number of nitrogens with zero attached hydrogens (tertiary/aromatic N) is 2. The fourth-order valence-electron chi connectivity index (χ4n) is 5.98. The van der Waals surface area contributed by atoms with Gasteiger partial charge in [0.25, 0.3) is 0 Å². The highest BCUT2D eigenvalue weighted by Gasteiger charge is 2.41.